The highest BCUT2D eigenvalue weighted by Crippen LogP contribution is 2.21. The number of hydrogen-bond donors (Lipinski definition) is 3. The number of primary amides is 1. The lowest BCUT2D eigenvalue weighted by Gasteiger charge is -2.11. The molecule has 0 aromatic heterocycles. The molecule has 92 valence electrons. The summed E-state index contributed by atoms with van der Waals surface area (Å²) in [6.07, 6.45) is -0.555. The normalized spacial score (nSPS) is 11.6. The molecule has 0 aliphatic carbocycles. The summed E-state index contributed by atoms with van der Waals surface area (Å²) in [6, 6.07) is 6.79. The molecule has 0 bridgehead atoms. The molecule has 0 saturated carbocycles. The molecule has 1 unspecified atom stereocenters. The Hall–Kier alpha value is -2.08. The number of hydrazine groups is 1. The van der Waals surface area contributed by atoms with Gasteiger partial charge in [-0.25, -0.2) is 10.6 Å². The summed E-state index contributed by atoms with van der Waals surface area (Å²) in [5.74, 6) is 5.18. The molecular formula is C11H15N3O3. The highest BCUT2D eigenvalue weighted by atomic mass is 16.5. The van der Waals surface area contributed by atoms with E-state index >= 15 is 0 Å². The number of rotatable bonds is 4. The fourth-order valence-electron chi connectivity index (χ4n) is 1.44. The van der Waals surface area contributed by atoms with Crippen LogP contribution in [0.25, 0.3) is 0 Å². The molecular weight excluding hydrogens is 222 g/mol. The molecule has 0 saturated heterocycles. The van der Waals surface area contributed by atoms with E-state index in [1.54, 1.807) is 24.3 Å². The van der Waals surface area contributed by atoms with E-state index in [9.17, 15) is 9.59 Å². The first kappa shape index (κ1) is 13.0. The maximum Gasteiger partial charge on any atom is 0.409 e. The fourth-order valence-corrected chi connectivity index (χ4v) is 1.44. The smallest absolute Gasteiger partial charge is 0.409 e. The summed E-state index contributed by atoms with van der Waals surface area (Å²) in [4.78, 5) is 21.6. The maximum atomic E-state index is 11.1. The maximum absolute atomic E-state index is 11.1. The van der Waals surface area contributed by atoms with E-state index in [1.807, 2.05) is 6.92 Å². The highest BCUT2D eigenvalue weighted by molar-refractivity contribution is 5.76. The van der Waals surface area contributed by atoms with E-state index < -0.39 is 6.09 Å². The molecule has 17 heavy (non-hydrogen) atoms. The zero-order chi connectivity index (χ0) is 12.8. The third kappa shape index (κ3) is 4.12. The Morgan fingerprint density at radius 1 is 1.35 bits per heavy atom. The van der Waals surface area contributed by atoms with Crippen LogP contribution in [0.3, 0.4) is 0 Å². The van der Waals surface area contributed by atoms with Crippen molar-refractivity contribution in [3.05, 3.63) is 29.8 Å². The van der Waals surface area contributed by atoms with Gasteiger partial charge in [-0.05, 0) is 23.6 Å². The van der Waals surface area contributed by atoms with Crippen molar-refractivity contribution in [1.82, 2.24) is 5.43 Å². The topological polar surface area (TPSA) is 107 Å². The Balaban J connectivity index is 2.66. The Labute approximate surface area is 98.9 Å². The molecule has 1 atom stereocenters. The zero-order valence-electron chi connectivity index (χ0n) is 9.47. The average molecular weight is 237 g/mol. The average Bonchev–Trinajstić information content (AvgIpc) is 2.28. The van der Waals surface area contributed by atoms with Crippen molar-refractivity contribution in [3.63, 3.8) is 0 Å². The SMILES string of the molecule is CC(CC(=O)NN)c1ccc(OC(N)=O)cc1. The zero-order valence-corrected chi connectivity index (χ0v) is 9.47. The van der Waals surface area contributed by atoms with E-state index in [0.717, 1.165) is 5.56 Å². The quantitative estimate of drug-likeness (QED) is 0.405. The molecule has 1 aromatic rings. The molecule has 0 fully saturated rings. The second kappa shape index (κ2) is 5.86. The minimum atomic E-state index is -0.853. The van der Waals surface area contributed by atoms with Crippen LogP contribution < -0.4 is 21.7 Å². The minimum Gasteiger partial charge on any atom is -0.411 e. The number of hydrogen-bond acceptors (Lipinski definition) is 4. The van der Waals surface area contributed by atoms with Gasteiger partial charge < -0.3 is 10.5 Å². The Bertz CT molecular complexity index is 403. The van der Waals surface area contributed by atoms with Gasteiger partial charge in [0.1, 0.15) is 5.75 Å². The minimum absolute atomic E-state index is 0.0289. The molecule has 1 rings (SSSR count). The Kier molecular flexibility index (Phi) is 4.47. The van der Waals surface area contributed by atoms with E-state index in [1.165, 1.54) is 0 Å². The van der Waals surface area contributed by atoms with E-state index in [4.69, 9.17) is 16.3 Å². The van der Waals surface area contributed by atoms with E-state index in [-0.39, 0.29) is 11.8 Å². The summed E-state index contributed by atoms with van der Waals surface area (Å²) >= 11 is 0. The Morgan fingerprint density at radius 2 is 1.94 bits per heavy atom. The van der Waals surface area contributed by atoms with Crippen LogP contribution in [0.2, 0.25) is 0 Å². The van der Waals surface area contributed by atoms with Crippen LogP contribution in [-0.2, 0) is 4.79 Å². The van der Waals surface area contributed by atoms with Gasteiger partial charge in [0.15, 0.2) is 0 Å². The van der Waals surface area contributed by atoms with Crippen molar-refractivity contribution >= 4 is 12.0 Å². The predicted octanol–water partition coefficient (Wildman–Crippen LogP) is 0.628. The van der Waals surface area contributed by atoms with Gasteiger partial charge >= 0.3 is 6.09 Å². The second-order valence-corrected chi connectivity index (χ2v) is 3.66. The molecule has 0 heterocycles. The van der Waals surface area contributed by atoms with Gasteiger partial charge in [0.25, 0.3) is 0 Å². The van der Waals surface area contributed by atoms with Gasteiger partial charge in [0.2, 0.25) is 5.91 Å². The van der Waals surface area contributed by atoms with E-state index in [2.05, 4.69) is 5.43 Å². The summed E-state index contributed by atoms with van der Waals surface area (Å²) < 4.78 is 4.69. The van der Waals surface area contributed by atoms with Crippen molar-refractivity contribution in [1.29, 1.82) is 0 Å². The molecule has 0 radical (unpaired) electrons. The standard InChI is InChI=1S/C11H15N3O3/c1-7(6-10(15)14-13)8-2-4-9(5-3-8)17-11(12)16/h2-5,7H,6,13H2,1H3,(H2,12,16)(H,14,15). The molecule has 0 spiro atoms. The monoisotopic (exact) mass is 237 g/mol. The van der Waals surface area contributed by atoms with Gasteiger partial charge in [-0.2, -0.15) is 0 Å². The van der Waals surface area contributed by atoms with Crippen molar-refractivity contribution in [3.8, 4) is 5.75 Å². The number of carbonyl (C=O) groups is 2. The van der Waals surface area contributed by atoms with Gasteiger partial charge in [-0.1, -0.05) is 19.1 Å². The number of ether oxygens (including phenoxy) is 1. The number of amides is 2. The number of carbonyl (C=O) groups excluding carboxylic acids is 2. The van der Waals surface area contributed by atoms with Crippen molar-refractivity contribution < 1.29 is 14.3 Å². The van der Waals surface area contributed by atoms with Crippen LogP contribution in [0, 0.1) is 0 Å². The summed E-state index contributed by atoms with van der Waals surface area (Å²) in [5.41, 5.74) is 7.91. The second-order valence-electron chi connectivity index (χ2n) is 3.66. The largest absolute Gasteiger partial charge is 0.411 e. The number of benzene rings is 1. The fraction of sp³-hybridized carbons (Fsp3) is 0.273. The van der Waals surface area contributed by atoms with Crippen LogP contribution in [0.15, 0.2) is 24.3 Å². The Morgan fingerprint density at radius 3 is 2.41 bits per heavy atom. The first-order valence-electron chi connectivity index (χ1n) is 5.09. The molecule has 1 aromatic carbocycles. The van der Waals surface area contributed by atoms with Crippen LogP contribution >= 0.6 is 0 Å². The predicted molar refractivity (Wildman–Crippen MR) is 62.0 cm³/mol. The molecule has 0 aliphatic heterocycles. The lowest BCUT2D eigenvalue weighted by atomic mass is 9.97. The van der Waals surface area contributed by atoms with E-state index in [0.29, 0.717) is 12.2 Å². The molecule has 6 nitrogen and oxygen atoms in total. The van der Waals surface area contributed by atoms with Gasteiger partial charge in [0, 0.05) is 6.42 Å². The van der Waals surface area contributed by atoms with Crippen LogP contribution in [0.4, 0.5) is 4.79 Å². The van der Waals surface area contributed by atoms with Crippen molar-refractivity contribution in [2.45, 2.75) is 19.3 Å². The summed E-state index contributed by atoms with van der Waals surface area (Å²) in [6.45, 7) is 1.90. The first-order chi connectivity index (χ1) is 8.02. The van der Waals surface area contributed by atoms with Crippen LogP contribution in [-0.4, -0.2) is 12.0 Å². The lowest BCUT2D eigenvalue weighted by molar-refractivity contribution is -0.121. The van der Waals surface area contributed by atoms with Crippen molar-refractivity contribution in [2.24, 2.45) is 11.6 Å². The highest BCUT2D eigenvalue weighted by Gasteiger charge is 2.10. The van der Waals surface area contributed by atoms with Gasteiger partial charge in [-0.3, -0.25) is 10.2 Å². The number of nitrogens with two attached hydrogens (primary N) is 2. The summed E-state index contributed by atoms with van der Waals surface area (Å²) in [5, 5.41) is 0. The number of nitrogens with one attached hydrogen (secondary N) is 1. The first-order valence-corrected chi connectivity index (χ1v) is 5.09. The third-order valence-corrected chi connectivity index (χ3v) is 2.32. The van der Waals surface area contributed by atoms with Crippen LogP contribution in [0.1, 0.15) is 24.8 Å². The molecule has 0 aliphatic rings. The molecule has 6 heteroatoms. The van der Waals surface area contributed by atoms with Gasteiger partial charge in [0.05, 0.1) is 0 Å². The van der Waals surface area contributed by atoms with Crippen LogP contribution in [0.5, 0.6) is 5.75 Å². The third-order valence-electron chi connectivity index (χ3n) is 2.32. The summed E-state index contributed by atoms with van der Waals surface area (Å²) in [7, 11) is 0. The van der Waals surface area contributed by atoms with Gasteiger partial charge in [-0.15, -0.1) is 0 Å². The lowest BCUT2D eigenvalue weighted by Crippen LogP contribution is -2.30. The van der Waals surface area contributed by atoms with Crippen molar-refractivity contribution in [2.75, 3.05) is 0 Å². The molecule has 5 N–H and O–H groups in total. The molecule has 2 amide bonds.